The second-order valence-corrected chi connectivity index (χ2v) is 7.99. The van der Waals surface area contributed by atoms with Crippen LogP contribution < -0.4 is 11.3 Å². The minimum Gasteiger partial charge on any atom is -0.378 e. The summed E-state index contributed by atoms with van der Waals surface area (Å²) < 4.78 is 5.78. The zero-order valence-corrected chi connectivity index (χ0v) is 12.6. The molecule has 0 aromatic rings. The topological polar surface area (TPSA) is 47.3 Å². The Balaban J connectivity index is 1.39. The van der Waals surface area contributed by atoms with Gasteiger partial charge in [0.2, 0.25) is 0 Å². The van der Waals surface area contributed by atoms with Gasteiger partial charge in [0.25, 0.3) is 0 Å². The summed E-state index contributed by atoms with van der Waals surface area (Å²) in [4.78, 5) is 0. The summed E-state index contributed by atoms with van der Waals surface area (Å²) in [5, 5.41) is 0. The van der Waals surface area contributed by atoms with E-state index in [-0.39, 0.29) is 0 Å². The normalized spacial score (nSPS) is 47.9. The molecule has 1 aliphatic heterocycles. The molecule has 3 nitrogen and oxygen atoms in total. The monoisotopic (exact) mass is 278 g/mol. The molecule has 2 unspecified atom stereocenters. The molecule has 0 amide bonds. The Bertz CT molecular complexity index is 312. The van der Waals surface area contributed by atoms with E-state index in [1.165, 1.54) is 57.8 Å². The van der Waals surface area contributed by atoms with Gasteiger partial charge in [-0.25, -0.2) is 0 Å². The highest BCUT2D eigenvalue weighted by atomic mass is 16.5. The molecule has 20 heavy (non-hydrogen) atoms. The predicted molar refractivity (Wildman–Crippen MR) is 79.9 cm³/mol. The Morgan fingerprint density at radius 2 is 1.75 bits per heavy atom. The first kappa shape index (κ1) is 13.5. The molecule has 114 valence electrons. The van der Waals surface area contributed by atoms with Crippen molar-refractivity contribution in [3.05, 3.63) is 0 Å². The molecule has 0 aromatic heterocycles. The summed E-state index contributed by atoms with van der Waals surface area (Å²) in [6, 6.07) is 0.536. The fourth-order valence-electron chi connectivity index (χ4n) is 6.25. The molecule has 0 radical (unpaired) electrons. The Hall–Kier alpha value is -0.120. The van der Waals surface area contributed by atoms with Crippen molar-refractivity contribution in [2.45, 2.75) is 69.9 Å². The van der Waals surface area contributed by atoms with E-state index in [1.54, 1.807) is 0 Å². The summed E-state index contributed by atoms with van der Waals surface area (Å²) >= 11 is 0. The highest BCUT2D eigenvalue weighted by molar-refractivity contribution is 5.01. The molecule has 4 aliphatic carbocycles. The molecule has 3 heteroatoms. The SMILES string of the molecule is NNC(CCC1CCCO1)C1C2CC3CC(C2)CC1C3. The highest BCUT2D eigenvalue weighted by Gasteiger charge is 2.50. The van der Waals surface area contributed by atoms with Crippen molar-refractivity contribution in [1.29, 1.82) is 0 Å². The van der Waals surface area contributed by atoms with Crippen LogP contribution in [0.3, 0.4) is 0 Å². The second-order valence-electron chi connectivity index (χ2n) is 7.99. The average molecular weight is 278 g/mol. The van der Waals surface area contributed by atoms with Gasteiger partial charge in [-0.05, 0) is 87.4 Å². The van der Waals surface area contributed by atoms with Crippen molar-refractivity contribution in [1.82, 2.24) is 5.43 Å². The zero-order chi connectivity index (χ0) is 13.5. The van der Waals surface area contributed by atoms with E-state index in [0.717, 1.165) is 36.2 Å². The lowest BCUT2D eigenvalue weighted by Crippen LogP contribution is -2.54. The van der Waals surface area contributed by atoms with Gasteiger partial charge >= 0.3 is 0 Å². The van der Waals surface area contributed by atoms with Gasteiger partial charge in [-0.3, -0.25) is 11.3 Å². The van der Waals surface area contributed by atoms with E-state index in [1.807, 2.05) is 0 Å². The number of rotatable bonds is 5. The van der Waals surface area contributed by atoms with Crippen LogP contribution in [0.15, 0.2) is 0 Å². The van der Waals surface area contributed by atoms with Gasteiger partial charge in [-0.1, -0.05) is 0 Å². The highest BCUT2D eigenvalue weighted by Crippen LogP contribution is 2.57. The average Bonchev–Trinajstić information content (AvgIpc) is 2.94. The van der Waals surface area contributed by atoms with E-state index < -0.39 is 0 Å². The van der Waals surface area contributed by atoms with Crippen LogP contribution in [-0.2, 0) is 4.74 Å². The van der Waals surface area contributed by atoms with E-state index in [0.29, 0.717) is 12.1 Å². The number of hydrazine groups is 1. The molecular formula is C17H30N2O. The van der Waals surface area contributed by atoms with Crippen LogP contribution in [0.25, 0.3) is 0 Å². The van der Waals surface area contributed by atoms with Crippen LogP contribution in [0.1, 0.15) is 57.8 Å². The standard InChI is InChI=1S/C17H30N2O/c18-19-16(4-3-15-2-1-5-20-15)17-13-7-11-6-12(9-13)10-14(17)8-11/h11-17,19H,1-10,18H2. The third-order valence-corrected chi connectivity index (χ3v) is 6.80. The smallest absolute Gasteiger partial charge is 0.0576 e. The van der Waals surface area contributed by atoms with Gasteiger partial charge in [0, 0.05) is 12.6 Å². The van der Waals surface area contributed by atoms with Crippen molar-refractivity contribution in [3.63, 3.8) is 0 Å². The Kier molecular flexibility index (Phi) is 3.78. The summed E-state index contributed by atoms with van der Waals surface area (Å²) in [6.07, 6.45) is 13.0. The molecule has 0 aromatic carbocycles. The van der Waals surface area contributed by atoms with E-state index in [9.17, 15) is 0 Å². The summed E-state index contributed by atoms with van der Waals surface area (Å²) in [5.74, 6) is 10.9. The summed E-state index contributed by atoms with van der Waals surface area (Å²) in [7, 11) is 0. The van der Waals surface area contributed by atoms with Gasteiger partial charge < -0.3 is 4.74 Å². The quantitative estimate of drug-likeness (QED) is 0.600. The molecular weight excluding hydrogens is 248 g/mol. The van der Waals surface area contributed by atoms with E-state index in [4.69, 9.17) is 10.6 Å². The van der Waals surface area contributed by atoms with Crippen molar-refractivity contribution in [2.24, 2.45) is 35.4 Å². The second kappa shape index (κ2) is 5.58. The predicted octanol–water partition coefficient (Wildman–Crippen LogP) is 2.85. The Labute approximate surface area is 123 Å². The third kappa shape index (κ3) is 2.42. The molecule has 2 atom stereocenters. The largest absolute Gasteiger partial charge is 0.378 e. The van der Waals surface area contributed by atoms with Crippen LogP contribution in [0.2, 0.25) is 0 Å². The molecule has 4 saturated carbocycles. The first-order valence-electron chi connectivity index (χ1n) is 8.91. The molecule has 5 aliphatic rings. The van der Waals surface area contributed by atoms with Gasteiger partial charge in [0.1, 0.15) is 0 Å². The van der Waals surface area contributed by atoms with Gasteiger partial charge in [0.05, 0.1) is 6.10 Å². The summed E-state index contributed by atoms with van der Waals surface area (Å²) in [6.45, 7) is 0.976. The molecule has 5 rings (SSSR count). The number of hydrogen-bond donors (Lipinski definition) is 2. The Morgan fingerprint density at radius 3 is 2.30 bits per heavy atom. The lowest BCUT2D eigenvalue weighted by molar-refractivity contribution is -0.0546. The Morgan fingerprint density at radius 1 is 1.05 bits per heavy atom. The fourth-order valence-corrected chi connectivity index (χ4v) is 6.25. The van der Waals surface area contributed by atoms with Gasteiger partial charge in [-0.2, -0.15) is 0 Å². The molecule has 4 bridgehead atoms. The fraction of sp³-hybridized carbons (Fsp3) is 1.00. The first-order chi connectivity index (χ1) is 9.83. The molecule has 3 N–H and O–H groups in total. The van der Waals surface area contributed by atoms with Crippen LogP contribution in [-0.4, -0.2) is 18.8 Å². The van der Waals surface area contributed by atoms with Crippen molar-refractivity contribution in [3.8, 4) is 0 Å². The number of nitrogens with two attached hydrogens (primary N) is 1. The number of nitrogens with one attached hydrogen (secondary N) is 1. The zero-order valence-electron chi connectivity index (χ0n) is 12.6. The maximum atomic E-state index is 5.95. The number of hydrogen-bond acceptors (Lipinski definition) is 3. The molecule has 1 saturated heterocycles. The van der Waals surface area contributed by atoms with Crippen molar-refractivity contribution in [2.75, 3.05) is 6.61 Å². The lowest BCUT2D eigenvalue weighted by atomic mass is 9.50. The maximum absolute atomic E-state index is 5.95. The molecule has 5 fully saturated rings. The van der Waals surface area contributed by atoms with Gasteiger partial charge in [0.15, 0.2) is 0 Å². The van der Waals surface area contributed by atoms with Gasteiger partial charge in [-0.15, -0.1) is 0 Å². The van der Waals surface area contributed by atoms with Crippen molar-refractivity contribution < 1.29 is 4.74 Å². The minimum absolute atomic E-state index is 0.516. The van der Waals surface area contributed by atoms with E-state index in [2.05, 4.69) is 5.43 Å². The molecule has 0 spiro atoms. The first-order valence-corrected chi connectivity index (χ1v) is 8.91. The van der Waals surface area contributed by atoms with Crippen molar-refractivity contribution >= 4 is 0 Å². The molecule has 1 heterocycles. The van der Waals surface area contributed by atoms with Crippen LogP contribution >= 0.6 is 0 Å². The summed E-state index contributed by atoms with van der Waals surface area (Å²) in [5.41, 5.74) is 3.20. The van der Waals surface area contributed by atoms with Crippen LogP contribution in [0, 0.1) is 29.6 Å². The third-order valence-electron chi connectivity index (χ3n) is 6.80. The minimum atomic E-state index is 0.516. The van der Waals surface area contributed by atoms with Crippen LogP contribution in [0.4, 0.5) is 0 Å². The number of ether oxygens (including phenoxy) is 1. The van der Waals surface area contributed by atoms with Crippen LogP contribution in [0.5, 0.6) is 0 Å². The maximum Gasteiger partial charge on any atom is 0.0576 e. The van der Waals surface area contributed by atoms with E-state index >= 15 is 0 Å². The lowest BCUT2D eigenvalue weighted by Gasteiger charge is -2.56.